The van der Waals surface area contributed by atoms with Gasteiger partial charge in [0, 0.05) is 20.8 Å². The van der Waals surface area contributed by atoms with Gasteiger partial charge in [0.05, 0.1) is 6.10 Å². The lowest BCUT2D eigenvalue weighted by Crippen LogP contribution is -2.22. The van der Waals surface area contributed by atoms with Gasteiger partial charge in [0.15, 0.2) is 0 Å². The first-order valence-electron chi connectivity index (χ1n) is 4.38. The highest BCUT2D eigenvalue weighted by Crippen LogP contribution is 2.25. The van der Waals surface area contributed by atoms with Gasteiger partial charge in [-0.25, -0.2) is 0 Å². The second kappa shape index (κ2) is 4.73. The number of rotatable bonds is 3. The maximum Gasteiger partial charge on any atom is 0.0571 e. The van der Waals surface area contributed by atoms with Gasteiger partial charge < -0.3 is 9.47 Å². The number of methoxy groups -OCH3 is 2. The molecule has 11 heavy (non-hydrogen) atoms. The second-order valence-corrected chi connectivity index (χ2v) is 3.33. The topological polar surface area (TPSA) is 18.5 Å². The van der Waals surface area contributed by atoms with Crippen LogP contribution in [-0.4, -0.2) is 26.9 Å². The molecule has 1 aliphatic rings. The number of hydrogen-bond acceptors (Lipinski definition) is 2. The van der Waals surface area contributed by atoms with Crippen molar-refractivity contribution in [2.45, 2.75) is 31.8 Å². The average Bonchev–Trinajstić information content (AvgIpc) is 2.07. The maximum absolute atomic E-state index is 5.28. The summed E-state index contributed by atoms with van der Waals surface area (Å²) < 4.78 is 10.4. The SMILES string of the molecule is COCC1CCC(OC)CC1. The Kier molecular flexibility index (Phi) is 3.87. The molecule has 66 valence electrons. The summed E-state index contributed by atoms with van der Waals surface area (Å²) in [6.45, 7) is 0.927. The fourth-order valence-electron chi connectivity index (χ4n) is 1.77. The molecule has 0 bridgehead atoms. The molecule has 0 saturated heterocycles. The highest BCUT2D eigenvalue weighted by molar-refractivity contribution is 4.71. The van der Waals surface area contributed by atoms with Crippen LogP contribution >= 0.6 is 0 Å². The van der Waals surface area contributed by atoms with Crippen LogP contribution in [0.25, 0.3) is 0 Å². The molecule has 1 saturated carbocycles. The zero-order valence-corrected chi connectivity index (χ0v) is 7.51. The molecule has 0 aromatic carbocycles. The fraction of sp³-hybridized carbons (Fsp3) is 1.00. The predicted molar refractivity (Wildman–Crippen MR) is 44.6 cm³/mol. The summed E-state index contributed by atoms with van der Waals surface area (Å²) in [4.78, 5) is 0. The van der Waals surface area contributed by atoms with E-state index in [1.165, 1.54) is 25.7 Å². The molecular formula is C9H18O2. The summed E-state index contributed by atoms with van der Waals surface area (Å²) in [5, 5.41) is 0. The molecule has 1 fully saturated rings. The first kappa shape index (κ1) is 9.01. The van der Waals surface area contributed by atoms with E-state index in [4.69, 9.17) is 9.47 Å². The molecule has 2 heteroatoms. The Morgan fingerprint density at radius 2 is 1.73 bits per heavy atom. The van der Waals surface area contributed by atoms with E-state index in [0.29, 0.717) is 6.10 Å². The summed E-state index contributed by atoms with van der Waals surface area (Å²) in [5.41, 5.74) is 0. The minimum absolute atomic E-state index is 0.517. The summed E-state index contributed by atoms with van der Waals surface area (Å²) in [6.07, 6.45) is 5.48. The van der Waals surface area contributed by atoms with Gasteiger partial charge in [-0.15, -0.1) is 0 Å². The van der Waals surface area contributed by atoms with E-state index in [-0.39, 0.29) is 0 Å². The average molecular weight is 158 g/mol. The van der Waals surface area contributed by atoms with Gasteiger partial charge >= 0.3 is 0 Å². The van der Waals surface area contributed by atoms with Crippen LogP contribution < -0.4 is 0 Å². The highest BCUT2D eigenvalue weighted by atomic mass is 16.5. The van der Waals surface area contributed by atoms with Crippen LogP contribution in [0.15, 0.2) is 0 Å². The van der Waals surface area contributed by atoms with Crippen molar-refractivity contribution in [1.82, 2.24) is 0 Å². The van der Waals surface area contributed by atoms with Crippen molar-refractivity contribution in [2.75, 3.05) is 20.8 Å². The second-order valence-electron chi connectivity index (χ2n) is 3.33. The van der Waals surface area contributed by atoms with Gasteiger partial charge in [0.25, 0.3) is 0 Å². The summed E-state index contributed by atoms with van der Waals surface area (Å²) >= 11 is 0. The predicted octanol–water partition coefficient (Wildman–Crippen LogP) is 1.84. The van der Waals surface area contributed by atoms with Crippen molar-refractivity contribution < 1.29 is 9.47 Å². The van der Waals surface area contributed by atoms with Crippen molar-refractivity contribution in [1.29, 1.82) is 0 Å². The molecule has 1 aliphatic carbocycles. The van der Waals surface area contributed by atoms with Crippen LogP contribution in [0.5, 0.6) is 0 Å². The summed E-state index contributed by atoms with van der Waals surface area (Å²) in [6, 6.07) is 0. The van der Waals surface area contributed by atoms with Crippen LogP contribution in [0, 0.1) is 5.92 Å². The largest absolute Gasteiger partial charge is 0.384 e. The lowest BCUT2D eigenvalue weighted by Gasteiger charge is -2.26. The molecule has 0 aromatic heterocycles. The Balaban J connectivity index is 2.14. The first-order chi connectivity index (χ1) is 5.36. The monoisotopic (exact) mass is 158 g/mol. The van der Waals surface area contributed by atoms with Crippen molar-refractivity contribution in [3.05, 3.63) is 0 Å². The third-order valence-corrected chi connectivity index (χ3v) is 2.53. The standard InChI is InChI=1S/C9H18O2/c1-10-7-8-3-5-9(11-2)6-4-8/h8-9H,3-7H2,1-2H3. The van der Waals surface area contributed by atoms with E-state index >= 15 is 0 Å². The Labute approximate surface area is 68.9 Å². The Hall–Kier alpha value is -0.0800. The molecule has 0 aromatic rings. The minimum atomic E-state index is 0.517. The quantitative estimate of drug-likeness (QED) is 0.624. The molecule has 0 aliphatic heterocycles. The molecule has 0 unspecified atom stereocenters. The maximum atomic E-state index is 5.28. The van der Waals surface area contributed by atoms with Crippen molar-refractivity contribution >= 4 is 0 Å². The van der Waals surface area contributed by atoms with E-state index in [9.17, 15) is 0 Å². The van der Waals surface area contributed by atoms with E-state index < -0.39 is 0 Å². The van der Waals surface area contributed by atoms with Gasteiger partial charge in [-0.1, -0.05) is 0 Å². The molecule has 0 radical (unpaired) electrons. The lowest BCUT2D eigenvalue weighted by molar-refractivity contribution is 0.0385. The summed E-state index contributed by atoms with van der Waals surface area (Å²) in [7, 11) is 3.59. The minimum Gasteiger partial charge on any atom is -0.384 e. The third-order valence-electron chi connectivity index (χ3n) is 2.53. The zero-order chi connectivity index (χ0) is 8.10. The Morgan fingerprint density at radius 3 is 2.18 bits per heavy atom. The molecular weight excluding hydrogens is 140 g/mol. The van der Waals surface area contributed by atoms with Crippen LogP contribution in [0.2, 0.25) is 0 Å². The molecule has 2 nitrogen and oxygen atoms in total. The van der Waals surface area contributed by atoms with Gasteiger partial charge in [0.2, 0.25) is 0 Å². The van der Waals surface area contributed by atoms with Crippen LogP contribution in [-0.2, 0) is 9.47 Å². The molecule has 0 spiro atoms. The molecule has 0 atom stereocenters. The van der Waals surface area contributed by atoms with Crippen LogP contribution in [0.4, 0.5) is 0 Å². The van der Waals surface area contributed by atoms with Gasteiger partial charge in [0.1, 0.15) is 0 Å². The molecule has 1 rings (SSSR count). The fourth-order valence-corrected chi connectivity index (χ4v) is 1.77. The normalized spacial score (nSPS) is 32.2. The Morgan fingerprint density at radius 1 is 1.09 bits per heavy atom. The van der Waals surface area contributed by atoms with E-state index in [1.54, 1.807) is 14.2 Å². The van der Waals surface area contributed by atoms with Crippen LogP contribution in [0.1, 0.15) is 25.7 Å². The van der Waals surface area contributed by atoms with Gasteiger partial charge in [-0.3, -0.25) is 0 Å². The van der Waals surface area contributed by atoms with Crippen molar-refractivity contribution in [2.24, 2.45) is 5.92 Å². The third kappa shape index (κ3) is 2.80. The van der Waals surface area contributed by atoms with E-state index in [1.807, 2.05) is 0 Å². The van der Waals surface area contributed by atoms with E-state index in [2.05, 4.69) is 0 Å². The van der Waals surface area contributed by atoms with Crippen molar-refractivity contribution in [3.8, 4) is 0 Å². The Bertz CT molecular complexity index is 95.7. The van der Waals surface area contributed by atoms with Crippen molar-refractivity contribution in [3.63, 3.8) is 0 Å². The first-order valence-corrected chi connectivity index (χ1v) is 4.38. The highest BCUT2D eigenvalue weighted by Gasteiger charge is 2.20. The lowest BCUT2D eigenvalue weighted by atomic mass is 9.88. The summed E-state index contributed by atoms with van der Waals surface area (Å²) in [5.74, 6) is 0.784. The smallest absolute Gasteiger partial charge is 0.0571 e. The van der Waals surface area contributed by atoms with E-state index in [0.717, 1.165) is 12.5 Å². The van der Waals surface area contributed by atoms with Gasteiger partial charge in [-0.05, 0) is 31.6 Å². The number of ether oxygens (including phenoxy) is 2. The molecule has 0 amide bonds. The zero-order valence-electron chi connectivity index (χ0n) is 7.51. The molecule has 0 N–H and O–H groups in total. The molecule has 0 heterocycles. The van der Waals surface area contributed by atoms with Gasteiger partial charge in [-0.2, -0.15) is 0 Å². The number of hydrogen-bond donors (Lipinski definition) is 0. The van der Waals surface area contributed by atoms with Crippen LogP contribution in [0.3, 0.4) is 0 Å².